The highest BCUT2D eigenvalue weighted by molar-refractivity contribution is 5.29. The van der Waals surface area contributed by atoms with Crippen molar-refractivity contribution in [2.24, 2.45) is 5.92 Å². The Morgan fingerprint density at radius 3 is 2.80 bits per heavy atom. The van der Waals surface area contributed by atoms with Gasteiger partial charge in [0, 0.05) is 6.54 Å². The van der Waals surface area contributed by atoms with Crippen molar-refractivity contribution in [1.82, 2.24) is 5.32 Å². The van der Waals surface area contributed by atoms with E-state index in [4.69, 9.17) is 0 Å². The van der Waals surface area contributed by atoms with Gasteiger partial charge < -0.3 is 5.32 Å². The molecule has 1 aromatic carbocycles. The second-order valence-corrected chi connectivity index (χ2v) is 5.04. The van der Waals surface area contributed by atoms with Gasteiger partial charge in [-0.2, -0.15) is 0 Å². The maximum absolute atomic E-state index is 3.49. The van der Waals surface area contributed by atoms with Crippen molar-refractivity contribution < 1.29 is 0 Å². The van der Waals surface area contributed by atoms with E-state index in [2.05, 4.69) is 43.4 Å². The van der Waals surface area contributed by atoms with Crippen molar-refractivity contribution in [3.63, 3.8) is 0 Å². The van der Waals surface area contributed by atoms with Crippen LogP contribution in [0.3, 0.4) is 0 Å². The zero-order valence-electron chi connectivity index (χ0n) is 9.79. The highest BCUT2D eigenvalue weighted by Gasteiger charge is 2.23. The fourth-order valence-corrected chi connectivity index (χ4v) is 1.88. The molecule has 1 nitrogen and oxygen atoms in total. The minimum atomic E-state index is 0.733. The molecule has 0 atom stereocenters. The van der Waals surface area contributed by atoms with Crippen LogP contribution in [0.15, 0.2) is 24.3 Å². The molecule has 0 saturated heterocycles. The number of benzene rings is 1. The Hall–Kier alpha value is -0.820. The Morgan fingerprint density at radius 1 is 1.33 bits per heavy atom. The van der Waals surface area contributed by atoms with Crippen LogP contribution in [0, 0.1) is 5.92 Å². The van der Waals surface area contributed by atoms with E-state index < -0.39 is 0 Å². The monoisotopic (exact) mass is 203 g/mol. The van der Waals surface area contributed by atoms with Gasteiger partial charge in [-0.3, -0.25) is 0 Å². The first-order chi connectivity index (χ1) is 7.25. The first-order valence-corrected chi connectivity index (χ1v) is 6.05. The van der Waals surface area contributed by atoms with Crippen LogP contribution in [-0.4, -0.2) is 6.54 Å². The van der Waals surface area contributed by atoms with Crippen molar-refractivity contribution in [3.8, 4) is 0 Å². The molecule has 1 saturated carbocycles. The number of hydrogen-bond donors (Lipinski definition) is 1. The van der Waals surface area contributed by atoms with E-state index in [1.54, 1.807) is 5.56 Å². The van der Waals surface area contributed by atoms with Crippen molar-refractivity contribution in [3.05, 3.63) is 35.4 Å². The second-order valence-electron chi connectivity index (χ2n) is 5.04. The molecule has 0 radical (unpaired) electrons. The zero-order valence-corrected chi connectivity index (χ0v) is 9.79. The van der Waals surface area contributed by atoms with Gasteiger partial charge >= 0.3 is 0 Å². The largest absolute Gasteiger partial charge is 0.312 e. The lowest BCUT2D eigenvalue weighted by atomic mass is 10.1. The maximum atomic E-state index is 3.49. The number of hydrogen-bond acceptors (Lipinski definition) is 1. The molecule has 1 N–H and O–H groups in total. The Bertz CT molecular complexity index is 313. The topological polar surface area (TPSA) is 12.0 Å². The summed E-state index contributed by atoms with van der Waals surface area (Å²) in [4.78, 5) is 0. The molecule has 1 aliphatic carbocycles. The van der Waals surface area contributed by atoms with Gasteiger partial charge in [-0.15, -0.1) is 0 Å². The average molecular weight is 203 g/mol. The van der Waals surface area contributed by atoms with Gasteiger partial charge in [-0.1, -0.05) is 38.1 Å². The molecule has 15 heavy (non-hydrogen) atoms. The van der Waals surface area contributed by atoms with Crippen molar-refractivity contribution in [1.29, 1.82) is 0 Å². The predicted octanol–water partition coefficient (Wildman–Crippen LogP) is 3.31. The van der Waals surface area contributed by atoms with Gasteiger partial charge in [0.25, 0.3) is 0 Å². The van der Waals surface area contributed by atoms with Crippen molar-refractivity contribution in [2.75, 3.05) is 6.54 Å². The Kier molecular flexibility index (Phi) is 3.42. The highest BCUT2D eigenvalue weighted by Crippen LogP contribution is 2.40. The van der Waals surface area contributed by atoms with E-state index in [1.165, 1.54) is 18.4 Å². The van der Waals surface area contributed by atoms with Crippen LogP contribution in [0.4, 0.5) is 0 Å². The van der Waals surface area contributed by atoms with Gasteiger partial charge in [0.05, 0.1) is 0 Å². The molecular formula is C14H21N. The Morgan fingerprint density at radius 2 is 2.13 bits per heavy atom. The van der Waals surface area contributed by atoms with Gasteiger partial charge in [0.15, 0.2) is 0 Å². The van der Waals surface area contributed by atoms with E-state index >= 15 is 0 Å². The molecule has 1 heteroatoms. The lowest BCUT2D eigenvalue weighted by Gasteiger charge is -2.08. The third-order valence-corrected chi connectivity index (χ3v) is 2.88. The maximum Gasteiger partial charge on any atom is 0.0205 e. The molecule has 1 aromatic rings. The number of nitrogens with one attached hydrogen (secondary N) is 1. The summed E-state index contributed by atoms with van der Waals surface area (Å²) in [6, 6.07) is 9.05. The molecular weight excluding hydrogens is 182 g/mol. The van der Waals surface area contributed by atoms with Crippen LogP contribution in [0.2, 0.25) is 0 Å². The third-order valence-electron chi connectivity index (χ3n) is 2.88. The van der Waals surface area contributed by atoms with Crippen LogP contribution in [0.1, 0.15) is 43.7 Å². The fourth-order valence-electron chi connectivity index (χ4n) is 1.88. The van der Waals surface area contributed by atoms with Gasteiger partial charge in [-0.05, 0) is 42.3 Å². The normalized spacial score (nSPS) is 15.9. The molecule has 1 aliphatic rings. The minimum absolute atomic E-state index is 0.733. The highest BCUT2D eigenvalue weighted by atomic mass is 14.8. The third kappa shape index (κ3) is 3.35. The average Bonchev–Trinajstić information content (AvgIpc) is 3.01. The lowest BCUT2D eigenvalue weighted by Crippen LogP contribution is -2.18. The van der Waals surface area contributed by atoms with Crippen LogP contribution in [0.25, 0.3) is 0 Å². The van der Waals surface area contributed by atoms with E-state index in [1.807, 2.05) is 0 Å². The molecule has 0 aliphatic heterocycles. The first-order valence-electron chi connectivity index (χ1n) is 6.05. The van der Waals surface area contributed by atoms with E-state index in [0.29, 0.717) is 0 Å². The van der Waals surface area contributed by atoms with Crippen molar-refractivity contribution >= 4 is 0 Å². The molecule has 0 unspecified atom stereocenters. The summed E-state index contributed by atoms with van der Waals surface area (Å²) in [6.45, 7) is 6.60. The van der Waals surface area contributed by atoms with Gasteiger partial charge in [0.1, 0.15) is 0 Å². The molecule has 82 valence electrons. The molecule has 0 bridgehead atoms. The van der Waals surface area contributed by atoms with Gasteiger partial charge in [0.2, 0.25) is 0 Å². The van der Waals surface area contributed by atoms with Crippen molar-refractivity contribution in [2.45, 2.75) is 39.2 Å². The second kappa shape index (κ2) is 4.80. The van der Waals surface area contributed by atoms with Crippen LogP contribution in [0.5, 0.6) is 0 Å². The smallest absolute Gasteiger partial charge is 0.0205 e. The lowest BCUT2D eigenvalue weighted by molar-refractivity contribution is 0.552. The van der Waals surface area contributed by atoms with E-state index in [-0.39, 0.29) is 0 Å². The SMILES string of the molecule is CC(C)CNCc1cccc(C2CC2)c1. The standard InChI is InChI=1S/C14H21N/c1-11(2)9-15-10-12-4-3-5-14(8-12)13-6-7-13/h3-5,8,11,13,15H,6-7,9-10H2,1-2H3. The summed E-state index contributed by atoms with van der Waals surface area (Å²) in [5, 5.41) is 3.49. The molecule has 0 amide bonds. The summed E-state index contributed by atoms with van der Waals surface area (Å²) >= 11 is 0. The predicted molar refractivity (Wildman–Crippen MR) is 65.0 cm³/mol. The van der Waals surface area contributed by atoms with Crippen LogP contribution >= 0.6 is 0 Å². The molecule has 0 heterocycles. The summed E-state index contributed by atoms with van der Waals surface area (Å²) in [7, 11) is 0. The fraction of sp³-hybridized carbons (Fsp3) is 0.571. The summed E-state index contributed by atoms with van der Waals surface area (Å²) in [5.74, 6) is 1.60. The minimum Gasteiger partial charge on any atom is -0.312 e. The first kappa shape index (κ1) is 10.7. The van der Waals surface area contributed by atoms with E-state index in [0.717, 1.165) is 24.9 Å². The molecule has 2 rings (SSSR count). The molecule has 0 spiro atoms. The summed E-state index contributed by atoms with van der Waals surface area (Å²) < 4.78 is 0. The summed E-state index contributed by atoms with van der Waals surface area (Å²) in [6.07, 6.45) is 2.78. The van der Waals surface area contributed by atoms with E-state index in [9.17, 15) is 0 Å². The zero-order chi connectivity index (χ0) is 10.7. The Labute approximate surface area is 92.9 Å². The Balaban J connectivity index is 1.87. The molecule has 1 fully saturated rings. The molecule has 0 aromatic heterocycles. The number of rotatable bonds is 5. The summed E-state index contributed by atoms with van der Waals surface area (Å²) in [5.41, 5.74) is 2.97. The van der Waals surface area contributed by atoms with Crippen LogP contribution < -0.4 is 5.32 Å². The van der Waals surface area contributed by atoms with Crippen LogP contribution in [-0.2, 0) is 6.54 Å². The van der Waals surface area contributed by atoms with Gasteiger partial charge in [-0.25, -0.2) is 0 Å². The quantitative estimate of drug-likeness (QED) is 0.774.